The molecule has 1 heterocycles. The Morgan fingerprint density at radius 1 is 1.23 bits per heavy atom. The molecule has 0 fully saturated rings. The predicted octanol–water partition coefficient (Wildman–Crippen LogP) is 0.698. The molecule has 1 aromatic carbocycles. The Hall–Kier alpha value is -2.11. The summed E-state index contributed by atoms with van der Waals surface area (Å²) in [6.07, 6.45) is 0. The summed E-state index contributed by atoms with van der Waals surface area (Å²) in [4.78, 5) is 0. The van der Waals surface area contributed by atoms with Crippen LogP contribution in [0.25, 0.3) is 0 Å². The lowest BCUT2D eigenvalue weighted by atomic mass is 10.3. The lowest BCUT2D eigenvalue weighted by Crippen LogP contribution is -1.85. The zero-order valence-electron chi connectivity index (χ0n) is 6.51. The topological polar surface area (TPSA) is 83.9 Å². The molecular weight excluding hydrogens is 172 g/mol. The van der Waals surface area contributed by atoms with E-state index >= 15 is 0 Å². The zero-order valence-corrected chi connectivity index (χ0v) is 6.51. The molecule has 0 unspecified atom stereocenters. The molecule has 2 aromatic rings. The van der Waals surface area contributed by atoms with Crippen LogP contribution in [0.2, 0.25) is 0 Å². The molecule has 0 aliphatic rings. The van der Waals surface area contributed by atoms with Gasteiger partial charge in [-0.3, -0.25) is 0 Å². The Balaban J connectivity index is 2.15. The fourth-order valence-corrected chi connectivity index (χ4v) is 0.815. The molecule has 0 radical (unpaired) electrons. The molecule has 1 aromatic heterocycles. The number of H-pyrrole nitrogens is 1. The highest BCUT2D eigenvalue weighted by Crippen LogP contribution is 2.19. The van der Waals surface area contributed by atoms with Gasteiger partial charge in [0.1, 0.15) is 11.5 Å². The molecule has 0 saturated carbocycles. The highest BCUT2D eigenvalue weighted by molar-refractivity contribution is 5.31. The first-order valence-electron chi connectivity index (χ1n) is 3.55. The molecule has 0 amide bonds. The molecule has 0 aliphatic heterocycles. The van der Waals surface area contributed by atoms with Crippen LogP contribution in [0.3, 0.4) is 0 Å². The number of aromatic hydroxyl groups is 1. The summed E-state index contributed by atoms with van der Waals surface area (Å²) in [6, 6.07) is 6.37. The molecule has 66 valence electrons. The first kappa shape index (κ1) is 7.53. The van der Waals surface area contributed by atoms with Crippen molar-refractivity contribution in [1.29, 1.82) is 0 Å². The molecule has 2 N–H and O–H groups in total. The molecule has 0 spiro atoms. The molecular formula is C7H6N4O2. The van der Waals surface area contributed by atoms with E-state index in [0.29, 0.717) is 5.75 Å². The van der Waals surface area contributed by atoms with E-state index in [1.807, 2.05) is 0 Å². The maximum atomic E-state index is 8.98. The second kappa shape index (κ2) is 3.10. The number of phenols is 1. The van der Waals surface area contributed by atoms with Crippen molar-refractivity contribution in [2.45, 2.75) is 0 Å². The van der Waals surface area contributed by atoms with Gasteiger partial charge in [0.25, 0.3) is 0 Å². The van der Waals surface area contributed by atoms with Gasteiger partial charge in [0.15, 0.2) is 0 Å². The Kier molecular flexibility index (Phi) is 1.79. The quantitative estimate of drug-likeness (QED) is 0.707. The van der Waals surface area contributed by atoms with Crippen LogP contribution in [0.5, 0.6) is 17.5 Å². The van der Waals surface area contributed by atoms with Crippen LogP contribution in [0.15, 0.2) is 24.3 Å². The fourth-order valence-electron chi connectivity index (χ4n) is 0.815. The number of phenolic OH excluding ortho intramolecular Hbond substituents is 1. The van der Waals surface area contributed by atoms with Crippen molar-refractivity contribution in [1.82, 2.24) is 20.6 Å². The van der Waals surface area contributed by atoms with Crippen LogP contribution in [0, 0.1) is 0 Å². The summed E-state index contributed by atoms with van der Waals surface area (Å²) in [6.45, 7) is 0. The second-order valence-electron chi connectivity index (χ2n) is 2.29. The maximum Gasteiger partial charge on any atom is 0.361 e. The summed E-state index contributed by atoms with van der Waals surface area (Å²) in [5.74, 6) is 0.722. The number of hydrogen-bond acceptors (Lipinski definition) is 5. The van der Waals surface area contributed by atoms with E-state index in [1.165, 1.54) is 12.1 Å². The summed E-state index contributed by atoms with van der Waals surface area (Å²) < 4.78 is 5.15. The molecule has 0 atom stereocenters. The Bertz CT molecular complexity index is 370. The van der Waals surface area contributed by atoms with Crippen LogP contribution in [0.1, 0.15) is 0 Å². The molecule has 6 heteroatoms. The van der Waals surface area contributed by atoms with E-state index in [0.717, 1.165) is 0 Å². The Morgan fingerprint density at radius 2 is 2.00 bits per heavy atom. The Labute approximate surface area is 73.2 Å². The van der Waals surface area contributed by atoms with Crippen molar-refractivity contribution < 1.29 is 9.84 Å². The lowest BCUT2D eigenvalue weighted by Gasteiger charge is -1.98. The maximum absolute atomic E-state index is 8.98. The van der Waals surface area contributed by atoms with Crippen molar-refractivity contribution in [2.75, 3.05) is 0 Å². The smallest absolute Gasteiger partial charge is 0.361 e. The van der Waals surface area contributed by atoms with Crippen molar-refractivity contribution in [3.05, 3.63) is 24.3 Å². The summed E-state index contributed by atoms with van der Waals surface area (Å²) in [5.41, 5.74) is 0. The van der Waals surface area contributed by atoms with Gasteiger partial charge < -0.3 is 9.84 Å². The number of rotatable bonds is 2. The zero-order chi connectivity index (χ0) is 9.10. The number of benzene rings is 1. The molecule has 13 heavy (non-hydrogen) atoms. The molecule has 0 bridgehead atoms. The van der Waals surface area contributed by atoms with Crippen molar-refractivity contribution >= 4 is 0 Å². The summed E-state index contributed by atoms with van der Waals surface area (Å²) >= 11 is 0. The van der Waals surface area contributed by atoms with Crippen molar-refractivity contribution in [2.24, 2.45) is 0 Å². The highest BCUT2D eigenvalue weighted by atomic mass is 16.5. The third kappa shape index (κ3) is 1.73. The number of ether oxygens (including phenoxy) is 1. The molecule has 2 rings (SSSR count). The third-order valence-electron chi connectivity index (χ3n) is 1.37. The van der Waals surface area contributed by atoms with Gasteiger partial charge in [0.2, 0.25) is 0 Å². The van der Waals surface area contributed by atoms with Crippen LogP contribution in [-0.4, -0.2) is 25.7 Å². The van der Waals surface area contributed by atoms with Gasteiger partial charge in [-0.1, -0.05) is 10.2 Å². The van der Waals surface area contributed by atoms with Gasteiger partial charge in [0.05, 0.1) is 0 Å². The third-order valence-corrected chi connectivity index (χ3v) is 1.37. The largest absolute Gasteiger partial charge is 0.508 e. The van der Waals surface area contributed by atoms with Gasteiger partial charge in [0, 0.05) is 0 Å². The minimum absolute atomic E-state index is 0.144. The van der Waals surface area contributed by atoms with Gasteiger partial charge >= 0.3 is 6.01 Å². The predicted molar refractivity (Wildman–Crippen MR) is 42.4 cm³/mol. The van der Waals surface area contributed by atoms with E-state index in [-0.39, 0.29) is 11.8 Å². The van der Waals surface area contributed by atoms with E-state index < -0.39 is 0 Å². The van der Waals surface area contributed by atoms with E-state index in [2.05, 4.69) is 20.6 Å². The van der Waals surface area contributed by atoms with Crippen LogP contribution < -0.4 is 4.74 Å². The normalized spacial score (nSPS) is 9.85. The van der Waals surface area contributed by atoms with Crippen molar-refractivity contribution in [3.63, 3.8) is 0 Å². The summed E-state index contributed by atoms with van der Waals surface area (Å²) in [7, 11) is 0. The Morgan fingerprint density at radius 3 is 2.62 bits per heavy atom. The van der Waals surface area contributed by atoms with Gasteiger partial charge in [-0.25, -0.2) is 0 Å². The molecule has 6 nitrogen and oxygen atoms in total. The number of aromatic nitrogens is 4. The SMILES string of the molecule is Oc1ccc(Oc2nn[nH]n2)cc1. The second-order valence-corrected chi connectivity index (χ2v) is 2.29. The van der Waals surface area contributed by atoms with Crippen LogP contribution in [-0.2, 0) is 0 Å². The van der Waals surface area contributed by atoms with E-state index in [1.54, 1.807) is 12.1 Å². The minimum Gasteiger partial charge on any atom is -0.508 e. The van der Waals surface area contributed by atoms with Crippen LogP contribution >= 0.6 is 0 Å². The standard InChI is InChI=1S/C7H6N4O2/c12-5-1-3-6(4-2-5)13-7-8-10-11-9-7/h1-4,12H,(H,8,9,10,11). The molecule has 0 aliphatic carbocycles. The van der Waals surface area contributed by atoms with Gasteiger partial charge in [-0.05, 0) is 29.5 Å². The van der Waals surface area contributed by atoms with E-state index in [9.17, 15) is 0 Å². The van der Waals surface area contributed by atoms with Gasteiger partial charge in [-0.2, -0.15) is 5.21 Å². The van der Waals surface area contributed by atoms with E-state index in [4.69, 9.17) is 9.84 Å². The minimum atomic E-state index is 0.144. The number of tetrazole rings is 1. The first-order chi connectivity index (χ1) is 6.34. The number of hydrogen-bond donors (Lipinski definition) is 2. The molecule has 0 saturated heterocycles. The number of nitrogens with one attached hydrogen (secondary N) is 1. The fraction of sp³-hybridized carbons (Fsp3) is 0. The lowest BCUT2D eigenvalue weighted by molar-refractivity contribution is 0.438. The van der Waals surface area contributed by atoms with Crippen LogP contribution in [0.4, 0.5) is 0 Å². The number of nitrogens with zero attached hydrogens (tertiary/aromatic N) is 3. The average Bonchev–Trinajstić information content (AvgIpc) is 2.62. The monoisotopic (exact) mass is 178 g/mol. The van der Waals surface area contributed by atoms with Gasteiger partial charge in [-0.15, -0.1) is 0 Å². The van der Waals surface area contributed by atoms with Crippen molar-refractivity contribution in [3.8, 4) is 17.5 Å². The highest BCUT2D eigenvalue weighted by Gasteiger charge is 2.00. The summed E-state index contributed by atoms with van der Waals surface area (Å²) in [5, 5.41) is 21.8. The number of aromatic amines is 1. The first-order valence-corrected chi connectivity index (χ1v) is 3.55. The average molecular weight is 178 g/mol.